The Balaban J connectivity index is 2.36. The summed E-state index contributed by atoms with van der Waals surface area (Å²) in [6, 6.07) is 9.95. The Hall–Kier alpha value is -2.73. The number of hydrogen-bond acceptors (Lipinski definition) is 6. The van der Waals surface area contributed by atoms with Crippen molar-refractivity contribution in [2.45, 2.75) is 26.8 Å². The molecule has 6 nitrogen and oxygen atoms in total. The van der Waals surface area contributed by atoms with Crippen LogP contribution in [0.15, 0.2) is 58.3 Å². The highest BCUT2D eigenvalue weighted by Gasteiger charge is 2.09. The molecule has 2 N–H and O–H groups in total. The fourth-order valence-electron chi connectivity index (χ4n) is 2.01. The molecular weight excluding hydrogens is 336 g/mol. The van der Waals surface area contributed by atoms with Crippen LogP contribution in [-0.2, 0) is 0 Å². The first-order chi connectivity index (χ1) is 12.0. The Morgan fingerprint density at radius 2 is 1.84 bits per heavy atom. The van der Waals surface area contributed by atoms with Gasteiger partial charge in [0.05, 0.1) is 5.03 Å². The van der Waals surface area contributed by atoms with Crippen LogP contribution in [0.25, 0.3) is 11.4 Å². The molecule has 0 unspecified atom stereocenters. The molecule has 0 fully saturated rings. The monoisotopic (exact) mass is 356 g/mol. The lowest BCUT2D eigenvalue weighted by atomic mass is 10.2. The molecule has 0 saturated heterocycles. The summed E-state index contributed by atoms with van der Waals surface area (Å²) in [5.74, 6) is 1.53. The molecule has 0 spiro atoms. The van der Waals surface area contributed by atoms with E-state index < -0.39 is 0 Å². The Bertz CT molecular complexity index is 783. The van der Waals surface area contributed by atoms with E-state index in [0.717, 1.165) is 11.3 Å². The standard InChI is InChI=1S/C18H21ClN6/c1-12(2)21-17-23-16(14-8-6-5-7-9-14)24-18(25-17)22-13(3)10-15(19)11-20-4/h5-12H,4H2,1-3H3,(H2,21,22,23,24,25)/b13-10+,15-11+. The van der Waals surface area contributed by atoms with E-state index in [2.05, 4.69) is 37.3 Å². The largest absolute Gasteiger partial charge is 0.352 e. The lowest BCUT2D eigenvalue weighted by molar-refractivity contribution is 0.869. The Labute approximate surface area is 152 Å². The van der Waals surface area contributed by atoms with Crippen LogP contribution >= 0.6 is 11.6 Å². The number of anilines is 2. The molecule has 1 aromatic heterocycles. The second-order valence-electron chi connectivity index (χ2n) is 5.62. The third-order valence-corrected chi connectivity index (χ3v) is 3.17. The van der Waals surface area contributed by atoms with Gasteiger partial charge in [0, 0.05) is 23.5 Å². The van der Waals surface area contributed by atoms with Crippen LogP contribution in [0.4, 0.5) is 11.9 Å². The molecule has 2 aromatic rings. The van der Waals surface area contributed by atoms with Gasteiger partial charge in [-0.2, -0.15) is 15.0 Å². The van der Waals surface area contributed by atoms with E-state index in [1.165, 1.54) is 6.20 Å². The fourth-order valence-corrected chi connectivity index (χ4v) is 2.25. The van der Waals surface area contributed by atoms with Crippen molar-refractivity contribution in [3.63, 3.8) is 0 Å². The fraction of sp³-hybridized carbons (Fsp3) is 0.222. The van der Waals surface area contributed by atoms with Crippen LogP contribution in [0.1, 0.15) is 20.8 Å². The first kappa shape index (κ1) is 18.6. The Morgan fingerprint density at radius 1 is 1.16 bits per heavy atom. The molecular formula is C18H21ClN6. The van der Waals surface area contributed by atoms with Crippen LogP contribution in [0, 0.1) is 0 Å². The summed E-state index contributed by atoms with van der Waals surface area (Å²) in [4.78, 5) is 17.0. The Kier molecular flexibility index (Phi) is 6.65. The summed E-state index contributed by atoms with van der Waals surface area (Å²) in [5, 5.41) is 6.79. The van der Waals surface area contributed by atoms with Gasteiger partial charge in [-0.25, -0.2) is 0 Å². The van der Waals surface area contributed by atoms with Crippen molar-refractivity contribution in [2.24, 2.45) is 4.99 Å². The number of aromatic nitrogens is 3. The maximum atomic E-state index is 6.01. The average molecular weight is 357 g/mol. The van der Waals surface area contributed by atoms with Crippen molar-refractivity contribution in [3.05, 3.63) is 53.3 Å². The van der Waals surface area contributed by atoms with Gasteiger partial charge in [0.2, 0.25) is 11.9 Å². The molecule has 0 aliphatic rings. The van der Waals surface area contributed by atoms with E-state index in [0.29, 0.717) is 22.8 Å². The van der Waals surface area contributed by atoms with Gasteiger partial charge in [-0.3, -0.25) is 4.99 Å². The van der Waals surface area contributed by atoms with Gasteiger partial charge in [0.25, 0.3) is 0 Å². The lowest BCUT2D eigenvalue weighted by Gasteiger charge is -2.12. The Morgan fingerprint density at radius 3 is 2.48 bits per heavy atom. The molecule has 0 amide bonds. The molecule has 25 heavy (non-hydrogen) atoms. The van der Waals surface area contributed by atoms with Gasteiger partial charge in [-0.15, -0.1) is 0 Å². The highest BCUT2D eigenvalue weighted by molar-refractivity contribution is 6.31. The summed E-state index contributed by atoms with van der Waals surface area (Å²) >= 11 is 6.01. The molecule has 1 aromatic carbocycles. The molecule has 0 saturated carbocycles. The highest BCUT2D eigenvalue weighted by atomic mass is 35.5. The molecule has 0 bridgehead atoms. The van der Waals surface area contributed by atoms with Crippen LogP contribution < -0.4 is 10.6 Å². The number of halogens is 1. The number of hydrogen-bond donors (Lipinski definition) is 2. The van der Waals surface area contributed by atoms with Crippen LogP contribution in [0.2, 0.25) is 0 Å². The zero-order chi connectivity index (χ0) is 18.2. The second-order valence-corrected chi connectivity index (χ2v) is 6.06. The first-order valence-corrected chi connectivity index (χ1v) is 8.20. The summed E-state index contributed by atoms with van der Waals surface area (Å²) in [7, 11) is 0. The number of rotatable bonds is 7. The molecule has 0 radical (unpaired) electrons. The molecule has 0 aliphatic carbocycles. The van der Waals surface area contributed by atoms with E-state index in [1.54, 1.807) is 6.08 Å². The molecule has 0 aliphatic heterocycles. The summed E-state index contributed by atoms with van der Waals surface area (Å²) in [5.41, 5.74) is 1.68. The van der Waals surface area contributed by atoms with E-state index in [1.807, 2.05) is 51.1 Å². The highest BCUT2D eigenvalue weighted by Crippen LogP contribution is 2.19. The van der Waals surface area contributed by atoms with Crippen molar-refractivity contribution >= 4 is 30.2 Å². The number of nitrogens with zero attached hydrogens (tertiary/aromatic N) is 4. The smallest absolute Gasteiger partial charge is 0.232 e. The van der Waals surface area contributed by atoms with Crippen LogP contribution in [-0.4, -0.2) is 27.7 Å². The van der Waals surface area contributed by atoms with Crippen molar-refractivity contribution < 1.29 is 0 Å². The SMILES string of the molecule is C=N/C=C(Cl)\C=C(/C)Nc1nc(NC(C)C)nc(-c2ccccc2)n1. The molecule has 130 valence electrons. The summed E-state index contributed by atoms with van der Waals surface area (Å²) < 4.78 is 0. The summed E-state index contributed by atoms with van der Waals surface area (Å²) in [6.45, 7) is 9.29. The summed E-state index contributed by atoms with van der Waals surface area (Å²) in [6.07, 6.45) is 3.18. The van der Waals surface area contributed by atoms with Gasteiger partial charge in [0.1, 0.15) is 0 Å². The van der Waals surface area contributed by atoms with Crippen molar-refractivity contribution in [1.82, 2.24) is 15.0 Å². The normalized spacial score (nSPS) is 12.2. The number of aliphatic imine (C=N–C) groups is 1. The van der Waals surface area contributed by atoms with Gasteiger partial charge in [-0.05, 0) is 33.6 Å². The van der Waals surface area contributed by atoms with E-state index in [4.69, 9.17) is 11.6 Å². The van der Waals surface area contributed by atoms with E-state index in [9.17, 15) is 0 Å². The minimum Gasteiger partial charge on any atom is -0.352 e. The molecule has 1 heterocycles. The topological polar surface area (TPSA) is 75.1 Å². The van der Waals surface area contributed by atoms with Gasteiger partial charge >= 0.3 is 0 Å². The van der Waals surface area contributed by atoms with Crippen LogP contribution in [0.3, 0.4) is 0 Å². The third kappa shape index (κ3) is 6.00. The lowest BCUT2D eigenvalue weighted by Crippen LogP contribution is -2.15. The number of nitrogens with one attached hydrogen (secondary N) is 2. The zero-order valence-corrected chi connectivity index (χ0v) is 15.2. The van der Waals surface area contributed by atoms with Crippen molar-refractivity contribution in [1.29, 1.82) is 0 Å². The molecule has 0 atom stereocenters. The first-order valence-electron chi connectivity index (χ1n) is 7.83. The minimum atomic E-state index is 0.201. The van der Waals surface area contributed by atoms with Crippen LogP contribution in [0.5, 0.6) is 0 Å². The number of benzene rings is 1. The molecule has 2 rings (SSSR count). The van der Waals surface area contributed by atoms with Gasteiger partial charge < -0.3 is 10.6 Å². The minimum absolute atomic E-state index is 0.201. The predicted molar refractivity (Wildman–Crippen MR) is 105 cm³/mol. The van der Waals surface area contributed by atoms with Gasteiger partial charge in [-0.1, -0.05) is 41.9 Å². The number of allylic oxidation sites excluding steroid dienone is 3. The second kappa shape index (κ2) is 8.94. The van der Waals surface area contributed by atoms with E-state index >= 15 is 0 Å². The van der Waals surface area contributed by atoms with E-state index in [-0.39, 0.29) is 6.04 Å². The molecule has 7 heteroatoms. The third-order valence-electron chi connectivity index (χ3n) is 2.96. The quantitative estimate of drug-likeness (QED) is 0.566. The maximum absolute atomic E-state index is 6.01. The van der Waals surface area contributed by atoms with Crippen molar-refractivity contribution in [3.8, 4) is 11.4 Å². The van der Waals surface area contributed by atoms with Crippen molar-refractivity contribution in [2.75, 3.05) is 10.6 Å². The predicted octanol–water partition coefficient (Wildman–Crippen LogP) is 4.46. The average Bonchev–Trinajstić information content (AvgIpc) is 2.54. The zero-order valence-electron chi connectivity index (χ0n) is 14.5. The van der Waals surface area contributed by atoms with Gasteiger partial charge in [0.15, 0.2) is 5.82 Å². The maximum Gasteiger partial charge on any atom is 0.232 e.